The second-order valence-electron chi connectivity index (χ2n) is 14.7. The fourth-order valence-electron chi connectivity index (χ4n) is 8.07. The van der Waals surface area contributed by atoms with E-state index in [1.54, 1.807) is 38.4 Å². The molecular formula is C41H37ClF3N9O5. The third-order valence-corrected chi connectivity index (χ3v) is 11.3. The van der Waals surface area contributed by atoms with E-state index in [2.05, 4.69) is 15.4 Å². The number of nitrogens with zero attached hydrogens (tertiary/aromatic N) is 8. The highest BCUT2D eigenvalue weighted by molar-refractivity contribution is 6.33. The maximum atomic E-state index is 14.6. The van der Waals surface area contributed by atoms with Crippen molar-refractivity contribution in [3.63, 3.8) is 0 Å². The number of imidazole rings is 1. The van der Waals surface area contributed by atoms with Crippen molar-refractivity contribution in [1.29, 1.82) is 0 Å². The monoisotopic (exact) mass is 827 g/mol. The summed E-state index contributed by atoms with van der Waals surface area (Å²) in [5.74, 6) is -0.234. The number of halogens is 4. The van der Waals surface area contributed by atoms with Crippen LogP contribution in [0.15, 0.2) is 83.9 Å². The Kier molecular flexibility index (Phi) is 9.87. The summed E-state index contributed by atoms with van der Waals surface area (Å²) in [6, 6.07) is 15.0. The fourth-order valence-corrected chi connectivity index (χ4v) is 8.30. The molecule has 7 heterocycles. The van der Waals surface area contributed by atoms with Crippen molar-refractivity contribution in [2.24, 2.45) is 0 Å². The van der Waals surface area contributed by atoms with E-state index in [9.17, 15) is 27.6 Å². The molecule has 3 aliphatic rings. The molecule has 2 atom stereocenters. The molecule has 0 unspecified atom stereocenters. The van der Waals surface area contributed by atoms with Crippen LogP contribution in [0.25, 0.3) is 17.0 Å². The van der Waals surface area contributed by atoms with Crippen molar-refractivity contribution < 1.29 is 32.2 Å². The largest absolute Gasteiger partial charge is 0.486 e. The van der Waals surface area contributed by atoms with Gasteiger partial charge in [-0.25, -0.2) is 4.98 Å². The van der Waals surface area contributed by atoms with E-state index in [4.69, 9.17) is 26.1 Å². The first-order chi connectivity index (χ1) is 28.5. The van der Waals surface area contributed by atoms with Crippen LogP contribution in [-0.4, -0.2) is 84.7 Å². The predicted octanol–water partition coefficient (Wildman–Crippen LogP) is 6.24. The quantitative estimate of drug-likeness (QED) is 0.189. The molecule has 14 nitrogen and oxygen atoms in total. The van der Waals surface area contributed by atoms with Gasteiger partial charge in [-0.3, -0.25) is 23.4 Å². The van der Waals surface area contributed by atoms with Crippen molar-refractivity contribution in [2.75, 3.05) is 49.6 Å². The van der Waals surface area contributed by atoms with Gasteiger partial charge in [0.25, 0.3) is 11.5 Å². The molecule has 1 N–H and O–H groups in total. The van der Waals surface area contributed by atoms with Crippen LogP contribution < -0.4 is 20.5 Å². The van der Waals surface area contributed by atoms with Crippen molar-refractivity contribution in [3.8, 4) is 5.75 Å². The lowest BCUT2D eigenvalue weighted by molar-refractivity contribution is -0.137. The second kappa shape index (κ2) is 15.2. The highest BCUT2D eigenvalue weighted by Gasteiger charge is 2.41. The number of carbonyl (C=O) groups is 2. The van der Waals surface area contributed by atoms with E-state index in [1.165, 1.54) is 4.52 Å². The van der Waals surface area contributed by atoms with Crippen molar-refractivity contribution in [1.82, 2.24) is 33.4 Å². The van der Waals surface area contributed by atoms with Crippen LogP contribution in [0.2, 0.25) is 5.02 Å². The number of aromatic nitrogens is 6. The number of rotatable bonds is 8. The zero-order valence-corrected chi connectivity index (χ0v) is 32.4. The number of nitrogens with one attached hydrogen (secondary N) is 1. The number of hydrogen-bond donors (Lipinski definition) is 1. The van der Waals surface area contributed by atoms with Gasteiger partial charge in [-0.05, 0) is 54.3 Å². The smallest absolute Gasteiger partial charge is 0.416 e. The van der Waals surface area contributed by atoms with Crippen LogP contribution >= 0.6 is 11.6 Å². The maximum absolute atomic E-state index is 14.6. The number of pyridine rings is 1. The summed E-state index contributed by atoms with van der Waals surface area (Å²) in [7, 11) is 0. The molecule has 0 saturated carbocycles. The van der Waals surface area contributed by atoms with E-state index in [-0.39, 0.29) is 67.5 Å². The lowest BCUT2D eigenvalue weighted by Gasteiger charge is -2.37. The first-order valence-corrected chi connectivity index (χ1v) is 19.5. The van der Waals surface area contributed by atoms with Gasteiger partial charge in [-0.2, -0.15) is 22.7 Å². The van der Waals surface area contributed by atoms with Gasteiger partial charge >= 0.3 is 6.18 Å². The Morgan fingerprint density at radius 3 is 2.58 bits per heavy atom. The molecule has 0 spiro atoms. The minimum Gasteiger partial charge on any atom is -0.486 e. The number of benzene rings is 2. The Labute approximate surface area is 339 Å². The summed E-state index contributed by atoms with van der Waals surface area (Å²) in [5.41, 5.74) is 2.22. The first-order valence-electron chi connectivity index (χ1n) is 19.1. The number of amides is 2. The Morgan fingerprint density at radius 1 is 1.05 bits per heavy atom. The van der Waals surface area contributed by atoms with Crippen LogP contribution in [0.5, 0.6) is 5.75 Å². The average Bonchev–Trinajstić information content (AvgIpc) is 3.99. The summed E-state index contributed by atoms with van der Waals surface area (Å²) in [6.07, 6.45) is 1.37. The number of alkyl halides is 3. The molecule has 18 heteroatoms. The summed E-state index contributed by atoms with van der Waals surface area (Å²) >= 11 is 6.24. The molecule has 1 saturated heterocycles. The molecule has 0 bridgehead atoms. The number of piperazine rings is 1. The van der Waals surface area contributed by atoms with Gasteiger partial charge in [0.1, 0.15) is 29.7 Å². The summed E-state index contributed by atoms with van der Waals surface area (Å²) in [4.78, 5) is 55.8. The van der Waals surface area contributed by atoms with Crippen molar-refractivity contribution >= 4 is 51.8 Å². The Balaban J connectivity index is 1.04. The van der Waals surface area contributed by atoms with Crippen LogP contribution in [0.3, 0.4) is 0 Å². The number of ether oxygens (including phenoxy) is 2. The van der Waals surface area contributed by atoms with Crippen molar-refractivity contribution in [2.45, 2.75) is 44.5 Å². The van der Waals surface area contributed by atoms with Gasteiger partial charge in [-0.15, -0.1) is 5.10 Å². The first kappa shape index (κ1) is 38.3. The molecule has 1 fully saturated rings. The third kappa shape index (κ3) is 7.07. The molecule has 304 valence electrons. The van der Waals surface area contributed by atoms with Gasteiger partial charge in [0.05, 0.1) is 35.2 Å². The predicted molar refractivity (Wildman–Crippen MR) is 212 cm³/mol. The molecule has 0 radical (unpaired) electrons. The van der Waals surface area contributed by atoms with Crippen LogP contribution in [-0.2, 0) is 22.3 Å². The van der Waals surface area contributed by atoms with Gasteiger partial charge in [-0.1, -0.05) is 54.9 Å². The molecule has 0 aliphatic carbocycles. The van der Waals surface area contributed by atoms with Crippen LogP contribution in [0.1, 0.15) is 64.9 Å². The molecule has 6 aromatic rings. The highest BCUT2D eigenvalue weighted by Crippen LogP contribution is 2.42. The molecule has 59 heavy (non-hydrogen) atoms. The molecule has 3 aliphatic heterocycles. The zero-order chi connectivity index (χ0) is 41.0. The van der Waals surface area contributed by atoms with Crippen LogP contribution in [0.4, 0.5) is 24.5 Å². The van der Waals surface area contributed by atoms with Crippen LogP contribution in [0, 0.1) is 0 Å². The summed E-state index contributed by atoms with van der Waals surface area (Å²) in [6.45, 7) is 4.08. The SMILES string of the molecule is C[C@@H]1C[C@H](C(=O)Nc2ccc(C(F)(F)F)cc2Cl)n2c1c(N1CCN(C(=O)c3c(OCc4ccccc4)ccc4nccn34)CC1)c(=O)n1nc(C3=CCOCC3)nc21. The minimum absolute atomic E-state index is 0.0124. The highest BCUT2D eigenvalue weighted by atomic mass is 35.5. The number of hydrogen-bond acceptors (Lipinski definition) is 9. The normalized spacial score (nSPS) is 18.3. The van der Waals surface area contributed by atoms with E-state index < -0.39 is 29.2 Å². The summed E-state index contributed by atoms with van der Waals surface area (Å²) in [5, 5.41) is 7.09. The number of fused-ring (bicyclic) bond motifs is 4. The Hall–Kier alpha value is -6.20. The van der Waals surface area contributed by atoms with E-state index in [0.29, 0.717) is 53.9 Å². The lowest BCUT2D eigenvalue weighted by Crippen LogP contribution is -2.51. The third-order valence-electron chi connectivity index (χ3n) is 11.0. The molecule has 9 rings (SSSR count). The zero-order valence-electron chi connectivity index (χ0n) is 31.7. The van der Waals surface area contributed by atoms with E-state index in [0.717, 1.165) is 29.3 Å². The van der Waals surface area contributed by atoms with Gasteiger partial charge in [0.2, 0.25) is 11.7 Å². The molecule has 2 amide bonds. The lowest BCUT2D eigenvalue weighted by atomic mass is 10.0. The topological polar surface area (TPSA) is 141 Å². The summed E-state index contributed by atoms with van der Waals surface area (Å²) < 4.78 is 56.4. The van der Waals surface area contributed by atoms with Gasteiger partial charge in [0, 0.05) is 44.5 Å². The van der Waals surface area contributed by atoms with Crippen molar-refractivity contribution in [3.05, 3.63) is 123 Å². The Morgan fingerprint density at radius 2 is 1.85 bits per heavy atom. The van der Waals surface area contributed by atoms with Gasteiger partial charge in [0.15, 0.2) is 11.5 Å². The van der Waals surface area contributed by atoms with E-state index >= 15 is 0 Å². The number of carbonyl (C=O) groups excluding carboxylic acids is 2. The Bertz CT molecular complexity index is 2700. The molecule has 4 aromatic heterocycles. The van der Waals surface area contributed by atoms with E-state index in [1.807, 2.05) is 48.2 Å². The standard InChI is InChI=1S/C41H37ClF3N9O5/c1-24-21-30(37(55)47-29-8-7-27(22-28(29)42)41(43,44)45)53-33(24)35(39(57)54-40(53)48-36(49-54)26-11-19-58-20-12-26)50-15-17-51(18-16-50)38(56)34-31(9-10-32-46-13-14-52(32)34)59-23-25-5-3-2-4-6-25/h2-11,13-14,22,24,30H,12,15-21,23H2,1H3,(H,47,55)/t24-,30-/m1/s1. The minimum atomic E-state index is -4.61. The molecular weight excluding hydrogens is 791 g/mol. The number of anilines is 2. The second-order valence-corrected chi connectivity index (χ2v) is 15.1. The average molecular weight is 828 g/mol. The maximum Gasteiger partial charge on any atom is 0.416 e. The fraction of sp³-hybridized carbons (Fsp3) is 0.317. The van der Waals surface area contributed by atoms with Gasteiger partial charge < -0.3 is 24.6 Å². The molecule has 2 aromatic carbocycles.